The summed E-state index contributed by atoms with van der Waals surface area (Å²) in [5.74, 6) is 2.06. The summed E-state index contributed by atoms with van der Waals surface area (Å²) in [4.78, 5) is 0. The van der Waals surface area contributed by atoms with Crippen molar-refractivity contribution in [2.24, 2.45) is 0 Å². The van der Waals surface area contributed by atoms with Crippen molar-refractivity contribution in [2.75, 3.05) is 18.1 Å². The van der Waals surface area contributed by atoms with Crippen LogP contribution in [0.5, 0.6) is 5.75 Å². The number of benzene rings is 1. The summed E-state index contributed by atoms with van der Waals surface area (Å²) in [7, 11) is 0. The quantitative estimate of drug-likeness (QED) is 0.596. The van der Waals surface area contributed by atoms with Crippen molar-refractivity contribution < 1.29 is 4.74 Å². The first-order valence-corrected chi connectivity index (χ1v) is 6.33. The van der Waals surface area contributed by atoms with Crippen molar-refractivity contribution >= 4 is 17.4 Å². The molecule has 3 heteroatoms. The van der Waals surface area contributed by atoms with Gasteiger partial charge in [-0.2, -0.15) is 11.8 Å². The van der Waals surface area contributed by atoms with Gasteiger partial charge in [-0.25, -0.2) is 0 Å². The minimum Gasteiger partial charge on any atom is -0.494 e. The van der Waals surface area contributed by atoms with E-state index in [0.717, 1.165) is 30.2 Å². The highest BCUT2D eigenvalue weighted by Crippen LogP contribution is 2.14. The van der Waals surface area contributed by atoms with Crippen molar-refractivity contribution in [1.82, 2.24) is 0 Å². The lowest BCUT2D eigenvalue weighted by atomic mass is 10.3. The second-order valence-electron chi connectivity index (χ2n) is 3.69. The first-order chi connectivity index (χ1) is 7.18. The van der Waals surface area contributed by atoms with Gasteiger partial charge in [0.15, 0.2) is 0 Å². The lowest BCUT2D eigenvalue weighted by Crippen LogP contribution is -2.00. The molecule has 2 N–H and O–H groups in total. The average molecular weight is 225 g/mol. The van der Waals surface area contributed by atoms with Crippen molar-refractivity contribution in [1.29, 1.82) is 0 Å². The largest absolute Gasteiger partial charge is 0.494 e. The zero-order valence-corrected chi connectivity index (χ0v) is 10.2. The first kappa shape index (κ1) is 12.2. The smallest absolute Gasteiger partial charge is 0.119 e. The van der Waals surface area contributed by atoms with Gasteiger partial charge in [0, 0.05) is 5.69 Å². The Morgan fingerprint density at radius 2 is 1.93 bits per heavy atom. The fourth-order valence-electron chi connectivity index (χ4n) is 1.13. The highest BCUT2D eigenvalue weighted by atomic mass is 32.2. The van der Waals surface area contributed by atoms with Crippen LogP contribution in [0, 0.1) is 0 Å². The summed E-state index contributed by atoms with van der Waals surface area (Å²) in [6.45, 7) is 5.21. The van der Waals surface area contributed by atoms with Crippen LogP contribution in [0.25, 0.3) is 0 Å². The van der Waals surface area contributed by atoms with Gasteiger partial charge < -0.3 is 10.5 Å². The van der Waals surface area contributed by atoms with Gasteiger partial charge >= 0.3 is 0 Å². The Bertz CT molecular complexity index is 271. The van der Waals surface area contributed by atoms with E-state index in [1.54, 1.807) is 0 Å². The molecule has 0 aromatic heterocycles. The van der Waals surface area contributed by atoms with Crippen LogP contribution in [0.15, 0.2) is 24.3 Å². The standard InChI is InChI=1S/C12H19NOS/c1-10(2)15-9-3-8-14-12-6-4-11(13)5-7-12/h4-7,10H,3,8-9,13H2,1-2H3. The number of anilines is 1. The first-order valence-electron chi connectivity index (χ1n) is 5.28. The molecule has 0 atom stereocenters. The normalized spacial score (nSPS) is 10.6. The molecule has 1 rings (SSSR count). The Hall–Kier alpha value is -0.830. The number of hydrogen-bond acceptors (Lipinski definition) is 3. The van der Waals surface area contributed by atoms with Gasteiger partial charge in [0.25, 0.3) is 0 Å². The Kier molecular flexibility index (Phi) is 5.40. The summed E-state index contributed by atoms with van der Waals surface area (Å²) in [5.41, 5.74) is 6.35. The summed E-state index contributed by atoms with van der Waals surface area (Å²) in [6, 6.07) is 7.53. The van der Waals surface area contributed by atoms with Gasteiger partial charge in [0.2, 0.25) is 0 Å². The molecule has 1 aromatic rings. The molecule has 0 aliphatic heterocycles. The van der Waals surface area contributed by atoms with Gasteiger partial charge in [-0.3, -0.25) is 0 Å². The maximum Gasteiger partial charge on any atom is 0.119 e. The van der Waals surface area contributed by atoms with E-state index >= 15 is 0 Å². The van der Waals surface area contributed by atoms with E-state index in [1.807, 2.05) is 36.0 Å². The van der Waals surface area contributed by atoms with Crippen molar-refractivity contribution in [3.8, 4) is 5.75 Å². The van der Waals surface area contributed by atoms with E-state index in [1.165, 1.54) is 0 Å². The molecule has 0 amide bonds. The second kappa shape index (κ2) is 6.62. The Labute approximate surface area is 96.2 Å². The molecule has 2 nitrogen and oxygen atoms in total. The number of nitrogens with two attached hydrogens (primary N) is 1. The fourth-order valence-corrected chi connectivity index (χ4v) is 1.89. The monoisotopic (exact) mass is 225 g/mol. The summed E-state index contributed by atoms with van der Waals surface area (Å²) in [5, 5.41) is 0.710. The third-order valence-corrected chi connectivity index (χ3v) is 3.08. The van der Waals surface area contributed by atoms with Crippen molar-refractivity contribution in [3.63, 3.8) is 0 Å². The van der Waals surface area contributed by atoms with Crippen LogP contribution >= 0.6 is 11.8 Å². The van der Waals surface area contributed by atoms with E-state index in [9.17, 15) is 0 Å². The molecular weight excluding hydrogens is 206 g/mol. The Morgan fingerprint density at radius 3 is 2.53 bits per heavy atom. The summed E-state index contributed by atoms with van der Waals surface area (Å²) < 4.78 is 5.57. The molecule has 0 unspecified atom stereocenters. The second-order valence-corrected chi connectivity index (χ2v) is 5.37. The molecule has 0 spiro atoms. The van der Waals surface area contributed by atoms with Crippen LogP contribution in [0.2, 0.25) is 0 Å². The molecule has 1 aromatic carbocycles. The molecule has 0 aliphatic rings. The summed E-state index contributed by atoms with van der Waals surface area (Å²) in [6.07, 6.45) is 1.09. The van der Waals surface area contributed by atoms with Crippen LogP contribution in [0.3, 0.4) is 0 Å². The topological polar surface area (TPSA) is 35.2 Å². The number of rotatable bonds is 6. The average Bonchev–Trinajstić information content (AvgIpc) is 2.20. The van der Waals surface area contributed by atoms with Crippen molar-refractivity contribution in [2.45, 2.75) is 25.5 Å². The minimum absolute atomic E-state index is 0.710. The van der Waals surface area contributed by atoms with Gasteiger partial charge in [-0.05, 0) is 41.7 Å². The molecule has 0 heterocycles. The van der Waals surface area contributed by atoms with Gasteiger partial charge in [-0.15, -0.1) is 0 Å². The van der Waals surface area contributed by atoms with Crippen LogP contribution in [-0.4, -0.2) is 17.6 Å². The molecule has 15 heavy (non-hydrogen) atoms. The minimum atomic E-state index is 0.710. The Balaban J connectivity index is 2.12. The van der Waals surface area contributed by atoms with Crippen LogP contribution < -0.4 is 10.5 Å². The zero-order chi connectivity index (χ0) is 11.1. The molecule has 0 fully saturated rings. The maximum absolute atomic E-state index is 5.58. The van der Waals surface area contributed by atoms with Crippen LogP contribution in [0.1, 0.15) is 20.3 Å². The molecule has 0 saturated heterocycles. The number of thioether (sulfide) groups is 1. The SMILES string of the molecule is CC(C)SCCCOc1ccc(N)cc1. The fraction of sp³-hybridized carbons (Fsp3) is 0.500. The van der Waals surface area contributed by atoms with E-state index < -0.39 is 0 Å². The lowest BCUT2D eigenvalue weighted by Gasteiger charge is -2.07. The predicted molar refractivity (Wildman–Crippen MR) is 68.6 cm³/mol. The highest BCUT2D eigenvalue weighted by molar-refractivity contribution is 7.99. The van der Waals surface area contributed by atoms with Crippen LogP contribution in [0.4, 0.5) is 5.69 Å². The van der Waals surface area contributed by atoms with Crippen LogP contribution in [-0.2, 0) is 0 Å². The Morgan fingerprint density at radius 1 is 1.27 bits per heavy atom. The number of nitrogen functional groups attached to an aromatic ring is 1. The molecule has 0 bridgehead atoms. The number of hydrogen-bond donors (Lipinski definition) is 1. The van der Waals surface area contributed by atoms with E-state index in [0.29, 0.717) is 5.25 Å². The van der Waals surface area contributed by atoms with Crippen molar-refractivity contribution in [3.05, 3.63) is 24.3 Å². The highest BCUT2D eigenvalue weighted by Gasteiger charge is 1.96. The molecule has 0 radical (unpaired) electrons. The van der Waals surface area contributed by atoms with E-state index in [4.69, 9.17) is 10.5 Å². The summed E-state index contributed by atoms with van der Waals surface area (Å²) >= 11 is 1.97. The van der Waals surface area contributed by atoms with Gasteiger partial charge in [0.1, 0.15) is 5.75 Å². The lowest BCUT2D eigenvalue weighted by molar-refractivity contribution is 0.319. The van der Waals surface area contributed by atoms with Gasteiger partial charge in [-0.1, -0.05) is 13.8 Å². The predicted octanol–water partition coefficient (Wildman–Crippen LogP) is 3.18. The molecule has 0 aliphatic carbocycles. The third-order valence-electron chi connectivity index (χ3n) is 1.89. The molecule has 84 valence electrons. The molecular formula is C12H19NOS. The zero-order valence-electron chi connectivity index (χ0n) is 9.40. The maximum atomic E-state index is 5.58. The van der Waals surface area contributed by atoms with Gasteiger partial charge in [0.05, 0.1) is 6.61 Å². The molecule has 0 saturated carbocycles. The van der Waals surface area contributed by atoms with E-state index in [2.05, 4.69) is 13.8 Å². The third kappa shape index (κ3) is 5.57. The number of ether oxygens (including phenoxy) is 1. The van der Waals surface area contributed by atoms with E-state index in [-0.39, 0.29) is 0 Å².